The van der Waals surface area contributed by atoms with Gasteiger partial charge in [0.25, 0.3) is 0 Å². The van der Waals surface area contributed by atoms with Gasteiger partial charge in [-0.3, -0.25) is 4.79 Å². The highest BCUT2D eigenvalue weighted by Crippen LogP contribution is 2.29. The fourth-order valence-electron chi connectivity index (χ4n) is 1.28. The van der Waals surface area contributed by atoms with E-state index in [0.29, 0.717) is 6.42 Å². The van der Waals surface area contributed by atoms with Crippen LogP contribution < -0.4 is 0 Å². The summed E-state index contributed by atoms with van der Waals surface area (Å²) < 4.78 is 0. The summed E-state index contributed by atoms with van der Waals surface area (Å²) in [7, 11) is 0. The minimum absolute atomic E-state index is 0.217. The Morgan fingerprint density at radius 3 is 2.36 bits per heavy atom. The van der Waals surface area contributed by atoms with E-state index in [0.717, 1.165) is 5.56 Å². The molecule has 0 fully saturated rings. The molecule has 76 valence electrons. The quantitative estimate of drug-likeness (QED) is 0.734. The first-order valence-corrected chi connectivity index (χ1v) is 6.82. The van der Waals surface area contributed by atoms with Crippen LogP contribution in [0, 0.1) is 0 Å². The van der Waals surface area contributed by atoms with E-state index in [1.807, 2.05) is 6.07 Å². The third-order valence-corrected chi connectivity index (χ3v) is 3.60. The molecule has 0 spiro atoms. The van der Waals surface area contributed by atoms with E-state index in [1.165, 1.54) is 9.79 Å². The normalized spacial score (nSPS) is 10.2. The number of rotatable bonds is 4. The Hall–Kier alpha value is -0.410. The first-order valence-electron chi connectivity index (χ1n) is 4.37. The minimum Gasteiger partial charge on any atom is -0.300 e. The van der Waals surface area contributed by atoms with E-state index < -0.39 is 0 Å². The van der Waals surface area contributed by atoms with Gasteiger partial charge in [-0.1, -0.05) is 6.07 Å². The van der Waals surface area contributed by atoms with Crippen LogP contribution in [-0.2, 0) is 11.2 Å². The Labute approximate surface area is 93.7 Å². The Morgan fingerprint density at radius 2 is 1.86 bits per heavy atom. The van der Waals surface area contributed by atoms with E-state index >= 15 is 0 Å². The molecule has 0 aromatic heterocycles. The molecule has 1 aromatic carbocycles. The Kier molecular flexibility index (Phi) is 4.55. The first-order chi connectivity index (χ1) is 6.67. The van der Waals surface area contributed by atoms with E-state index in [2.05, 4.69) is 24.6 Å². The van der Waals surface area contributed by atoms with Crippen LogP contribution in [0.2, 0.25) is 0 Å². The van der Waals surface area contributed by atoms with Crippen LogP contribution >= 0.6 is 23.5 Å². The zero-order chi connectivity index (χ0) is 10.6. The zero-order valence-electron chi connectivity index (χ0n) is 8.66. The van der Waals surface area contributed by atoms with Gasteiger partial charge >= 0.3 is 0 Å². The lowest BCUT2D eigenvalue weighted by Gasteiger charge is -2.06. The van der Waals surface area contributed by atoms with Crippen molar-refractivity contribution in [3.8, 4) is 0 Å². The van der Waals surface area contributed by atoms with Crippen molar-refractivity contribution >= 4 is 29.3 Å². The second-order valence-electron chi connectivity index (χ2n) is 3.07. The van der Waals surface area contributed by atoms with E-state index in [1.54, 1.807) is 30.4 Å². The lowest BCUT2D eigenvalue weighted by Crippen LogP contribution is -1.96. The monoisotopic (exact) mass is 226 g/mol. The summed E-state index contributed by atoms with van der Waals surface area (Å²) in [5.74, 6) is 0.217. The summed E-state index contributed by atoms with van der Waals surface area (Å²) in [6, 6.07) is 6.24. The Bertz CT molecular complexity index is 334. The van der Waals surface area contributed by atoms with Gasteiger partial charge in [-0.05, 0) is 37.1 Å². The number of thioether (sulfide) groups is 2. The molecule has 0 heterocycles. The molecule has 0 aliphatic heterocycles. The van der Waals surface area contributed by atoms with Gasteiger partial charge in [0, 0.05) is 16.2 Å². The predicted octanol–water partition coefficient (Wildman–Crippen LogP) is 3.26. The molecule has 0 bridgehead atoms. The number of carbonyl (C=O) groups is 1. The second kappa shape index (κ2) is 5.47. The molecular formula is C11H14OS2. The molecule has 3 heteroatoms. The van der Waals surface area contributed by atoms with Crippen molar-refractivity contribution in [3.63, 3.8) is 0 Å². The summed E-state index contributed by atoms with van der Waals surface area (Å²) in [5, 5.41) is 0. The van der Waals surface area contributed by atoms with Crippen LogP contribution in [-0.4, -0.2) is 18.3 Å². The molecule has 14 heavy (non-hydrogen) atoms. The standard InChI is InChI=1S/C11H14OS2/c1-8(12)6-9-4-5-10(13-2)11(7-9)14-3/h4-5,7H,6H2,1-3H3. The molecule has 0 aliphatic rings. The average molecular weight is 226 g/mol. The zero-order valence-corrected chi connectivity index (χ0v) is 10.3. The van der Waals surface area contributed by atoms with Crippen molar-refractivity contribution in [1.29, 1.82) is 0 Å². The van der Waals surface area contributed by atoms with E-state index in [9.17, 15) is 4.79 Å². The SMILES string of the molecule is CSc1ccc(CC(C)=O)cc1SC. The van der Waals surface area contributed by atoms with E-state index in [4.69, 9.17) is 0 Å². The van der Waals surface area contributed by atoms with Gasteiger partial charge in [0.15, 0.2) is 0 Å². The lowest BCUT2D eigenvalue weighted by atomic mass is 10.1. The smallest absolute Gasteiger partial charge is 0.134 e. The fourth-order valence-corrected chi connectivity index (χ4v) is 2.78. The van der Waals surface area contributed by atoms with Crippen LogP contribution in [0.15, 0.2) is 28.0 Å². The molecule has 0 saturated carbocycles. The van der Waals surface area contributed by atoms with Crippen LogP contribution in [0.5, 0.6) is 0 Å². The van der Waals surface area contributed by atoms with Gasteiger partial charge in [0.05, 0.1) is 0 Å². The second-order valence-corrected chi connectivity index (χ2v) is 4.76. The minimum atomic E-state index is 0.217. The Balaban J connectivity index is 2.95. The van der Waals surface area contributed by atoms with Crippen LogP contribution in [0.1, 0.15) is 12.5 Å². The maximum Gasteiger partial charge on any atom is 0.134 e. The molecule has 0 N–H and O–H groups in total. The van der Waals surface area contributed by atoms with Crippen LogP contribution in [0.25, 0.3) is 0 Å². The molecule has 0 saturated heterocycles. The summed E-state index contributed by atoms with van der Waals surface area (Å²) in [6.45, 7) is 1.63. The van der Waals surface area contributed by atoms with Gasteiger partial charge < -0.3 is 0 Å². The van der Waals surface area contributed by atoms with Crippen LogP contribution in [0.4, 0.5) is 0 Å². The van der Waals surface area contributed by atoms with E-state index in [-0.39, 0.29) is 5.78 Å². The summed E-state index contributed by atoms with van der Waals surface area (Å²) in [4.78, 5) is 13.5. The molecule has 0 radical (unpaired) electrons. The highest BCUT2D eigenvalue weighted by Gasteiger charge is 2.03. The largest absolute Gasteiger partial charge is 0.300 e. The number of hydrogen-bond donors (Lipinski definition) is 0. The molecular weight excluding hydrogens is 212 g/mol. The van der Waals surface area contributed by atoms with Crippen molar-refractivity contribution in [2.24, 2.45) is 0 Å². The van der Waals surface area contributed by atoms with Crippen molar-refractivity contribution in [1.82, 2.24) is 0 Å². The summed E-state index contributed by atoms with van der Waals surface area (Å²) >= 11 is 3.47. The van der Waals surface area contributed by atoms with Gasteiger partial charge in [0.1, 0.15) is 5.78 Å². The molecule has 0 amide bonds. The lowest BCUT2D eigenvalue weighted by molar-refractivity contribution is -0.116. The number of hydrogen-bond acceptors (Lipinski definition) is 3. The van der Waals surface area contributed by atoms with Crippen molar-refractivity contribution in [2.75, 3.05) is 12.5 Å². The van der Waals surface area contributed by atoms with Gasteiger partial charge in [-0.15, -0.1) is 23.5 Å². The number of benzene rings is 1. The maximum absolute atomic E-state index is 11.0. The fraction of sp³-hybridized carbons (Fsp3) is 0.364. The van der Waals surface area contributed by atoms with Gasteiger partial charge in [0.2, 0.25) is 0 Å². The third kappa shape index (κ3) is 3.07. The summed E-state index contributed by atoms with van der Waals surface area (Å²) in [6.07, 6.45) is 4.68. The highest BCUT2D eigenvalue weighted by molar-refractivity contribution is 8.01. The molecule has 0 unspecified atom stereocenters. The Morgan fingerprint density at radius 1 is 1.21 bits per heavy atom. The number of carbonyl (C=O) groups excluding carboxylic acids is 1. The molecule has 0 aliphatic carbocycles. The first kappa shape index (κ1) is 11.7. The average Bonchev–Trinajstić information content (AvgIpc) is 2.16. The molecule has 1 rings (SSSR count). The van der Waals surface area contributed by atoms with Crippen molar-refractivity contribution in [2.45, 2.75) is 23.1 Å². The highest BCUT2D eigenvalue weighted by atomic mass is 32.2. The number of ketones is 1. The third-order valence-electron chi connectivity index (χ3n) is 1.90. The molecule has 0 atom stereocenters. The predicted molar refractivity (Wildman–Crippen MR) is 64.4 cm³/mol. The van der Waals surface area contributed by atoms with Gasteiger partial charge in [-0.25, -0.2) is 0 Å². The van der Waals surface area contributed by atoms with Crippen LogP contribution in [0.3, 0.4) is 0 Å². The maximum atomic E-state index is 11.0. The summed E-state index contributed by atoms with van der Waals surface area (Å²) in [5.41, 5.74) is 1.11. The van der Waals surface area contributed by atoms with Crippen molar-refractivity contribution < 1.29 is 4.79 Å². The topological polar surface area (TPSA) is 17.1 Å². The molecule has 1 nitrogen and oxygen atoms in total. The van der Waals surface area contributed by atoms with Crippen molar-refractivity contribution in [3.05, 3.63) is 23.8 Å². The molecule has 1 aromatic rings. The number of Topliss-reactive ketones (excluding diaryl/α,β-unsaturated/α-hetero) is 1. The van der Waals surface area contributed by atoms with Gasteiger partial charge in [-0.2, -0.15) is 0 Å².